The van der Waals surface area contributed by atoms with Crippen LogP contribution in [0.15, 0.2) is 18.2 Å². The van der Waals surface area contributed by atoms with Crippen molar-refractivity contribution in [1.29, 1.82) is 0 Å². The second-order valence-corrected chi connectivity index (χ2v) is 6.22. The lowest BCUT2D eigenvalue weighted by Crippen LogP contribution is -2.16. The molecule has 0 saturated heterocycles. The van der Waals surface area contributed by atoms with Crippen molar-refractivity contribution >= 4 is 0 Å². The second kappa shape index (κ2) is 4.93. The van der Waals surface area contributed by atoms with Crippen molar-refractivity contribution in [1.82, 2.24) is 0 Å². The fourth-order valence-electron chi connectivity index (χ4n) is 2.01. The lowest BCUT2D eigenvalue weighted by atomic mass is 9.93. The number of benzene rings is 1. The van der Waals surface area contributed by atoms with Gasteiger partial charge in [0.05, 0.1) is 12.2 Å². The fourth-order valence-corrected chi connectivity index (χ4v) is 2.01. The van der Waals surface area contributed by atoms with Gasteiger partial charge in [0.2, 0.25) is 0 Å². The van der Waals surface area contributed by atoms with E-state index in [1.807, 2.05) is 26.0 Å². The molecule has 0 bridgehead atoms. The monoisotopic (exact) mass is 248 g/mol. The van der Waals surface area contributed by atoms with Gasteiger partial charge >= 0.3 is 0 Å². The number of hydrogen-bond donors (Lipinski definition) is 1. The SMILES string of the molecule is CC(C)c1ccc(C(C)(C)O)cc1OCC1CC1. The summed E-state index contributed by atoms with van der Waals surface area (Å²) in [5.74, 6) is 2.13. The number of aliphatic hydroxyl groups is 1. The van der Waals surface area contributed by atoms with Crippen molar-refractivity contribution in [2.24, 2.45) is 5.92 Å². The second-order valence-electron chi connectivity index (χ2n) is 6.22. The number of rotatable bonds is 5. The van der Waals surface area contributed by atoms with E-state index in [1.54, 1.807) is 0 Å². The molecule has 2 rings (SSSR count). The Balaban J connectivity index is 2.24. The molecule has 18 heavy (non-hydrogen) atoms. The van der Waals surface area contributed by atoms with Crippen LogP contribution in [0.3, 0.4) is 0 Å². The summed E-state index contributed by atoms with van der Waals surface area (Å²) in [6.45, 7) is 8.77. The Kier molecular flexibility index (Phi) is 3.67. The third-order valence-corrected chi connectivity index (χ3v) is 3.51. The van der Waals surface area contributed by atoms with E-state index in [0.717, 1.165) is 23.8 Å². The van der Waals surface area contributed by atoms with Crippen molar-refractivity contribution in [3.8, 4) is 5.75 Å². The minimum Gasteiger partial charge on any atom is -0.493 e. The molecular weight excluding hydrogens is 224 g/mol. The molecule has 1 N–H and O–H groups in total. The van der Waals surface area contributed by atoms with Crippen LogP contribution in [0.2, 0.25) is 0 Å². The van der Waals surface area contributed by atoms with Crippen molar-refractivity contribution in [3.63, 3.8) is 0 Å². The van der Waals surface area contributed by atoms with Crippen LogP contribution in [0.1, 0.15) is 57.6 Å². The molecule has 1 fully saturated rings. The maximum absolute atomic E-state index is 10.1. The van der Waals surface area contributed by atoms with Gasteiger partial charge in [0, 0.05) is 0 Å². The highest BCUT2D eigenvalue weighted by atomic mass is 16.5. The first-order valence-electron chi connectivity index (χ1n) is 6.87. The van der Waals surface area contributed by atoms with Gasteiger partial charge in [-0.1, -0.05) is 26.0 Å². The van der Waals surface area contributed by atoms with Gasteiger partial charge in [-0.3, -0.25) is 0 Å². The van der Waals surface area contributed by atoms with Crippen LogP contribution in [0, 0.1) is 5.92 Å². The van der Waals surface area contributed by atoms with E-state index in [9.17, 15) is 5.11 Å². The van der Waals surface area contributed by atoms with Gasteiger partial charge in [0.1, 0.15) is 5.75 Å². The fraction of sp³-hybridized carbons (Fsp3) is 0.625. The van der Waals surface area contributed by atoms with Crippen LogP contribution < -0.4 is 4.74 Å². The molecule has 2 heteroatoms. The first-order valence-corrected chi connectivity index (χ1v) is 6.87. The Morgan fingerprint density at radius 2 is 2.00 bits per heavy atom. The van der Waals surface area contributed by atoms with Crippen molar-refractivity contribution < 1.29 is 9.84 Å². The average molecular weight is 248 g/mol. The Morgan fingerprint density at radius 1 is 1.33 bits per heavy atom. The van der Waals surface area contributed by atoms with Crippen molar-refractivity contribution in [3.05, 3.63) is 29.3 Å². The summed E-state index contributed by atoms with van der Waals surface area (Å²) in [5, 5.41) is 10.1. The maximum Gasteiger partial charge on any atom is 0.123 e. The highest BCUT2D eigenvalue weighted by molar-refractivity contribution is 5.41. The molecule has 0 atom stereocenters. The van der Waals surface area contributed by atoms with Gasteiger partial charge in [-0.15, -0.1) is 0 Å². The summed E-state index contributed by atoms with van der Waals surface area (Å²) in [5.41, 5.74) is 1.33. The first-order chi connectivity index (χ1) is 8.38. The van der Waals surface area contributed by atoms with Gasteiger partial charge in [0.25, 0.3) is 0 Å². The van der Waals surface area contributed by atoms with Crippen LogP contribution in [0.5, 0.6) is 5.75 Å². The van der Waals surface area contributed by atoms with Crippen LogP contribution in [-0.2, 0) is 5.60 Å². The average Bonchev–Trinajstić information content (AvgIpc) is 3.08. The van der Waals surface area contributed by atoms with Crippen LogP contribution in [0.4, 0.5) is 0 Å². The van der Waals surface area contributed by atoms with Crippen LogP contribution in [-0.4, -0.2) is 11.7 Å². The molecule has 1 aromatic rings. The summed E-state index contributed by atoms with van der Waals surface area (Å²) in [4.78, 5) is 0. The maximum atomic E-state index is 10.1. The molecule has 1 aliphatic carbocycles. The summed E-state index contributed by atoms with van der Waals surface area (Å²) >= 11 is 0. The molecule has 0 spiro atoms. The highest BCUT2D eigenvalue weighted by Gasteiger charge is 2.24. The van der Waals surface area contributed by atoms with Crippen molar-refractivity contribution in [2.45, 2.75) is 52.1 Å². The zero-order valence-electron chi connectivity index (χ0n) is 11.9. The lowest BCUT2D eigenvalue weighted by Gasteiger charge is -2.21. The third-order valence-electron chi connectivity index (χ3n) is 3.51. The summed E-state index contributed by atoms with van der Waals surface area (Å²) < 4.78 is 5.95. The molecular formula is C16H24O2. The summed E-state index contributed by atoms with van der Waals surface area (Å²) in [6.07, 6.45) is 2.59. The normalized spacial score (nSPS) is 16.1. The molecule has 0 aromatic heterocycles. The molecule has 0 aliphatic heterocycles. The van der Waals surface area contributed by atoms with E-state index >= 15 is 0 Å². The van der Waals surface area contributed by atoms with E-state index in [-0.39, 0.29) is 0 Å². The zero-order chi connectivity index (χ0) is 13.3. The molecule has 1 aliphatic rings. The topological polar surface area (TPSA) is 29.5 Å². The standard InChI is InChI=1S/C16H24O2/c1-11(2)14-8-7-13(16(3,4)17)9-15(14)18-10-12-5-6-12/h7-9,11-12,17H,5-6,10H2,1-4H3. The molecule has 0 unspecified atom stereocenters. The van der Waals surface area contributed by atoms with Gasteiger partial charge in [-0.2, -0.15) is 0 Å². The first kappa shape index (κ1) is 13.4. The van der Waals surface area contributed by atoms with Crippen LogP contribution in [0.25, 0.3) is 0 Å². The smallest absolute Gasteiger partial charge is 0.123 e. The van der Waals surface area contributed by atoms with E-state index in [0.29, 0.717) is 5.92 Å². The van der Waals surface area contributed by atoms with Gasteiger partial charge in [0.15, 0.2) is 0 Å². The van der Waals surface area contributed by atoms with Gasteiger partial charge < -0.3 is 9.84 Å². The molecule has 100 valence electrons. The largest absolute Gasteiger partial charge is 0.493 e. The van der Waals surface area contributed by atoms with Gasteiger partial charge in [-0.25, -0.2) is 0 Å². The van der Waals surface area contributed by atoms with E-state index in [1.165, 1.54) is 18.4 Å². The Bertz CT molecular complexity index is 412. The van der Waals surface area contributed by atoms with E-state index in [4.69, 9.17) is 4.74 Å². The molecule has 2 nitrogen and oxygen atoms in total. The van der Waals surface area contributed by atoms with E-state index in [2.05, 4.69) is 19.9 Å². The minimum atomic E-state index is -0.812. The lowest BCUT2D eigenvalue weighted by molar-refractivity contribution is 0.0782. The Hall–Kier alpha value is -1.02. The summed E-state index contributed by atoms with van der Waals surface area (Å²) in [6, 6.07) is 6.08. The number of ether oxygens (including phenoxy) is 1. The predicted octanol–water partition coefficient (Wildman–Crippen LogP) is 3.83. The molecule has 0 heterocycles. The Labute approximate surface area is 110 Å². The van der Waals surface area contributed by atoms with Crippen molar-refractivity contribution in [2.75, 3.05) is 6.61 Å². The van der Waals surface area contributed by atoms with Crippen LogP contribution >= 0.6 is 0 Å². The molecule has 0 radical (unpaired) electrons. The minimum absolute atomic E-state index is 0.440. The zero-order valence-corrected chi connectivity index (χ0v) is 11.9. The highest BCUT2D eigenvalue weighted by Crippen LogP contribution is 2.34. The van der Waals surface area contributed by atoms with E-state index < -0.39 is 5.60 Å². The Morgan fingerprint density at radius 3 is 2.50 bits per heavy atom. The van der Waals surface area contributed by atoms with Gasteiger partial charge in [-0.05, 0) is 55.7 Å². The summed E-state index contributed by atoms with van der Waals surface area (Å²) in [7, 11) is 0. The molecule has 1 saturated carbocycles. The quantitative estimate of drug-likeness (QED) is 0.858. The molecule has 1 aromatic carbocycles. The number of hydrogen-bond acceptors (Lipinski definition) is 2. The third kappa shape index (κ3) is 3.26. The predicted molar refractivity (Wildman–Crippen MR) is 74.0 cm³/mol. The molecule has 0 amide bonds.